The van der Waals surface area contributed by atoms with Crippen molar-refractivity contribution in [1.29, 1.82) is 0 Å². The molecule has 0 atom stereocenters. The highest BCUT2D eigenvalue weighted by Crippen LogP contribution is 2.21. The molecule has 0 aliphatic rings. The van der Waals surface area contributed by atoms with E-state index in [2.05, 4.69) is 10.1 Å². The van der Waals surface area contributed by atoms with E-state index in [-0.39, 0.29) is 29.5 Å². The van der Waals surface area contributed by atoms with Crippen LogP contribution in [0.2, 0.25) is 10.0 Å². The number of nitrogens with one attached hydrogen (secondary N) is 1. The smallest absolute Gasteiger partial charge is 0.340 e. The van der Waals surface area contributed by atoms with Crippen LogP contribution in [0.15, 0.2) is 18.2 Å². The molecule has 0 unspecified atom stereocenters. The molecule has 0 aliphatic carbocycles. The fourth-order valence-electron chi connectivity index (χ4n) is 1.48. The normalized spacial score (nSPS) is 9.95. The first kappa shape index (κ1) is 18.3. The second kappa shape index (κ2) is 9.27. The lowest BCUT2D eigenvalue weighted by Crippen LogP contribution is -2.30. The predicted molar refractivity (Wildman–Crippen MR) is 81.0 cm³/mol. The van der Waals surface area contributed by atoms with Gasteiger partial charge in [0.1, 0.15) is 0 Å². The molecule has 120 valence electrons. The first-order chi connectivity index (χ1) is 10.4. The zero-order chi connectivity index (χ0) is 16.5. The maximum atomic E-state index is 11.8. The van der Waals surface area contributed by atoms with Crippen LogP contribution in [0.4, 0.5) is 0 Å². The van der Waals surface area contributed by atoms with Crippen LogP contribution in [0.5, 0.6) is 0 Å². The Kier molecular flexibility index (Phi) is 7.70. The number of methoxy groups -OCH3 is 1. The van der Waals surface area contributed by atoms with Gasteiger partial charge in [-0.2, -0.15) is 0 Å². The number of ether oxygens (including phenoxy) is 2. The number of hydrogen-bond donors (Lipinski definition) is 1. The van der Waals surface area contributed by atoms with E-state index < -0.39 is 18.5 Å². The Morgan fingerprint density at radius 2 is 1.95 bits per heavy atom. The number of esters is 2. The van der Waals surface area contributed by atoms with Crippen LogP contribution in [0, 0.1) is 0 Å². The van der Waals surface area contributed by atoms with E-state index in [1.54, 1.807) is 0 Å². The summed E-state index contributed by atoms with van der Waals surface area (Å²) in [7, 11) is 1.29. The molecule has 0 heterocycles. The van der Waals surface area contributed by atoms with Crippen molar-refractivity contribution < 1.29 is 23.9 Å². The summed E-state index contributed by atoms with van der Waals surface area (Å²) in [5, 5.41) is 3.04. The molecule has 0 fully saturated rings. The minimum atomic E-state index is -0.739. The van der Waals surface area contributed by atoms with E-state index in [0.29, 0.717) is 11.4 Å². The molecule has 0 radical (unpaired) electrons. The second-order valence-corrected chi connectivity index (χ2v) is 5.07. The van der Waals surface area contributed by atoms with Crippen LogP contribution in [0.25, 0.3) is 0 Å². The molecule has 0 saturated heterocycles. The molecule has 1 N–H and O–H groups in total. The van der Waals surface area contributed by atoms with Crippen LogP contribution >= 0.6 is 23.2 Å². The molecule has 1 amide bonds. The molecule has 0 aromatic heterocycles. The Balaban J connectivity index is 2.33. The maximum absolute atomic E-state index is 11.8. The summed E-state index contributed by atoms with van der Waals surface area (Å²) in [6.45, 7) is -0.163. The molecule has 1 aromatic carbocycles. The summed E-state index contributed by atoms with van der Waals surface area (Å²) >= 11 is 11.6. The Morgan fingerprint density at radius 3 is 2.64 bits per heavy atom. The van der Waals surface area contributed by atoms with Crippen molar-refractivity contribution in [2.45, 2.75) is 12.8 Å². The average Bonchev–Trinajstić information content (AvgIpc) is 2.51. The first-order valence-electron chi connectivity index (χ1n) is 6.39. The maximum Gasteiger partial charge on any atom is 0.340 e. The number of carbonyl (C=O) groups excluding carboxylic acids is 3. The third kappa shape index (κ3) is 6.32. The van der Waals surface area contributed by atoms with E-state index in [1.165, 1.54) is 25.3 Å². The Morgan fingerprint density at radius 1 is 1.23 bits per heavy atom. The van der Waals surface area contributed by atoms with Gasteiger partial charge in [0.15, 0.2) is 6.61 Å². The molecule has 1 rings (SSSR count). The van der Waals surface area contributed by atoms with E-state index in [4.69, 9.17) is 27.9 Å². The SMILES string of the molecule is COC(=O)CCCNC(=O)COC(=O)c1cc(Cl)ccc1Cl. The van der Waals surface area contributed by atoms with Gasteiger partial charge in [-0.15, -0.1) is 0 Å². The largest absolute Gasteiger partial charge is 0.469 e. The first-order valence-corrected chi connectivity index (χ1v) is 7.15. The lowest BCUT2D eigenvalue weighted by atomic mass is 10.2. The predicted octanol–water partition coefficient (Wildman–Crippen LogP) is 2.22. The third-order valence-electron chi connectivity index (χ3n) is 2.59. The van der Waals surface area contributed by atoms with Gasteiger partial charge in [0.25, 0.3) is 5.91 Å². The zero-order valence-corrected chi connectivity index (χ0v) is 13.4. The van der Waals surface area contributed by atoms with Crippen LogP contribution in [-0.2, 0) is 19.1 Å². The number of amides is 1. The van der Waals surface area contributed by atoms with Crippen molar-refractivity contribution in [2.75, 3.05) is 20.3 Å². The van der Waals surface area contributed by atoms with Crippen molar-refractivity contribution in [3.8, 4) is 0 Å². The lowest BCUT2D eigenvalue weighted by Gasteiger charge is -2.07. The zero-order valence-electron chi connectivity index (χ0n) is 11.9. The fraction of sp³-hybridized carbons (Fsp3) is 0.357. The summed E-state index contributed by atoms with van der Waals surface area (Å²) in [5.74, 6) is -1.56. The quantitative estimate of drug-likeness (QED) is 0.604. The summed E-state index contributed by atoms with van der Waals surface area (Å²) < 4.78 is 9.30. The van der Waals surface area contributed by atoms with Crippen molar-refractivity contribution in [3.05, 3.63) is 33.8 Å². The summed E-state index contributed by atoms with van der Waals surface area (Å²) in [6, 6.07) is 4.36. The highest BCUT2D eigenvalue weighted by Gasteiger charge is 2.14. The van der Waals surface area contributed by atoms with Crippen LogP contribution in [0.3, 0.4) is 0 Å². The number of halogens is 2. The minimum absolute atomic E-state index is 0.0904. The van der Waals surface area contributed by atoms with Crippen molar-refractivity contribution in [1.82, 2.24) is 5.32 Å². The van der Waals surface area contributed by atoms with E-state index in [1.807, 2.05) is 0 Å². The molecule has 8 heteroatoms. The van der Waals surface area contributed by atoms with Crippen LogP contribution in [0.1, 0.15) is 23.2 Å². The number of hydrogen-bond acceptors (Lipinski definition) is 5. The summed E-state index contributed by atoms with van der Waals surface area (Å²) in [4.78, 5) is 34.1. The van der Waals surface area contributed by atoms with Crippen LogP contribution in [-0.4, -0.2) is 38.1 Å². The topological polar surface area (TPSA) is 81.7 Å². The van der Waals surface area contributed by atoms with E-state index in [9.17, 15) is 14.4 Å². The molecule has 0 bridgehead atoms. The molecule has 22 heavy (non-hydrogen) atoms. The van der Waals surface area contributed by atoms with Gasteiger partial charge in [0.2, 0.25) is 0 Å². The summed E-state index contributed by atoms with van der Waals surface area (Å²) in [5.41, 5.74) is 0.0904. The highest BCUT2D eigenvalue weighted by atomic mass is 35.5. The average molecular weight is 348 g/mol. The van der Waals surface area contributed by atoms with Crippen molar-refractivity contribution >= 4 is 41.0 Å². The number of rotatable bonds is 7. The third-order valence-corrected chi connectivity index (χ3v) is 3.15. The van der Waals surface area contributed by atoms with Gasteiger partial charge >= 0.3 is 11.9 Å². The van der Waals surface area contributed by atoms with Crippen LogP contribution < -0.4 is 5.32 Å². The molecule has 1 aromatic rings. The standard InChI is InChI=1S/C14H15Cl2NO5/c1-21-13(19)3-2-6-17-12(18)8-22-14(20)10-7-9(15)4-5-11(10)16/h4-5,7H,2-3,6,8H2,1H3,(H,17,18). The second-order valence-electron chi connectivity index (χ2n) is 4.23. The molecular formula is C14H15Cl2NO5. The van der Waals surface area contributed by atoms with Gasteiger partial charge in [0, 0.05) is 18.0 Å². The Bertz CT molecular complexity index is 562. The van der Waals surface area contributed by atoms with Gasteiger partial charge in [-0.25, -0.2) is 4.79 Å². The Hall–Kier alpha value is -1.79. The fourth-order valence-corrected chi connectivity index (χ4v) is 1.84. The summed E-state index contributed by atoms with van der Waals surface area (Å²) in [6.07, 6.45) is 0.640. The van der Waals surface area contributed by atoms with Gasteiger partial charge in [0.05, 0.1) is 17.7 Å². The minimum Gasteiger partial charge on any atom is -0.469 e. The molecular weight excluding hydrogens is 333 g/mol. The van der Waals surface area contributed by atoms with Gasteiger partial charge in [-0.3, -0.25) is 9.59 Å². The van der Waals surface area contributed by atoms with Crippen molar-refractivity contribution in [3.63, 3.8) is 0 Å². The monoisotopic (exact) mass is 347 g/mol. The molecule has 0 aliphatic heterocycles. The number of benzene rings is 1. The van der Waals surface area contributed by atoms with Gasteiger partial charge in [-0.1, -0.05) is 23.2 Å². The highest BCUT2D eigenvalue weighted by molar-refractivity contribution is 6.35. The number of carbonyl (C=O) groups is 3. The van der Waals surface area contributed by atoms with Crippen molar-refractivity contribution in [2.24, 2.45) is 0 Å². The van der Waals surface area contributed by atoms with Gasteiger partial charge < -0.3 is 14.8 Å². The van der Waals surface area contributed by atoms with E-state index >= 15 is 0 Å². The molecule has 6 nitrogen and oxygen atoms in total. The van der Waals surface area contributed by atoms with Gasteiger partial charge in [-0.05, 0) is 24.6 Å². The Labute approximate surface area is 137 Å². The molecule has 0 saturated carbocycles. The lowest BCUT2D eigenvalue weighted by molar-refractivity contribution is -0.140. The molecule has 0 spiro atoms. The van der Waals surface area contributed by atoms with E-state index in [0.717, 1.165) is 0 Å².